The summed E-state index contributed by atoms with van der Waals surface area (Å²) in [6.07, 6.45) is 13.8. The minimum atomic E-state index is -0.0608. The van der Waals surface area contributed by atoms with E-state index in [-0.39, 0.29) is 17.6 Å². The molecule has 0 radical (unpaired) electrons. The number of hydrazone groups is 1. The maximum Gasteiger partial charge on any atom is 0.186 e. The van der Waals surface area contributed by atoms with Gasteiger partial charge in [0.1, 0.15) is 5.71 Å². The van der Waals surface area contributed by atoms with Crippen LogP contribution in [-0.2, 0) is 4.79 Å². The van der Waals surface area contributed by atoms with E-state index in [1.807, 2.05) is 19.1 Å². The van der Waals surface area contributed by atoms with Gasteiger partial charge < -0.3 is 5.43 Å². The standard InChI is InChI=1S/C15H18N2O/c1-10-9-11-5-2-3-8-13(11)14(15(10)18)17-16-12-6-4-7-12/h2-3,5,8-10,12-13,16H,4,6-7H2,1H3/b17-14-. The van der Waals surface area contributed by atoms with Gasteiger partial charge in [0.05, 0.1) is 0 Å². The molecule has 1 saturated carbocycles. The molecule has 0 spiro atoms. The molecule has 2 atom stereocenters. The average molecular weight is 242 g/mol. The van der Waals surface area contributed by atoms with E-state index in [1.165, 1.54) is 24.8 Å². The van der Waals surface area contributed by atoms with Gasteiger partial charge in [-0.1, -0.05) is 37.3 Å². The Balaban J connectivity index is 1.86. The van der Waals surface area contributed by atoms with Crippen LogP contribution in [-0.4, -0.2) is 17.5 Å². The van der Waals surface area contributed by atoms with Gasteiger partial charge in [0.25, 0.3) is 0 Å². The molecule has 94 valence electrons. The topological polar surface area (TPSA) is 41.5 Å². The number of allylic oxidation sites excluding steroid dienone is 6. The van der Waals surface area contributed by atoms with Gasteiger partial charge in [0, 0.05) is 17.9 Å². The Morgan fingerprint density at radius 1 is 1.33 bits per heavy atom. The van der Waals surface area contributed by atoms with Gasteiger partial charge in [-0.05, 0) is 24.8 Å². The number of rotatable bonds is 2. The fraction of sp³-hybridized carbons (Fsp3) is 0.467. The molecule has 1 fully saturated rings. The smallest absolute Gasteiger partial charge is 0.186 e. The van der Waals surface area contributed by atoms with Crippen molar-refractivity contribution in [2.75, 3.05) is 0 Å². The summed E-state index contributed by atoms with van der Waals surface area (Å²) in [7, 11) is 0. The number of fused-ring (bicyclic) bond motifs is 1. The number of carbonyl (C=O) groups is 1. The molecule has 2 unspecified atom stereocenters. The quantitative estimate of drug-likeness (QED) is 0.755. The molecule has 0 saturated heterocycles. The largest absolute Gasteiger partial charge is 0.307 e. The highest BCUT2D eigenvalue weighted by Crippen LogP contribution is 2.29. The summed E-state index contributed by atoms with van der Waals surface area (Å²) in [5.41, 5.74) is 5.02. The highest BCUT2D eigenvalue weighted by Gasteiger charge is 2.32. The Labute approximate surface area is 107 Å². The molecule has 3 aliphatic carbocycles. The van der Waals surface area contributed by atoms with E-state index in [0.717, 1.165) is 0 Å². The van der Waals surface area contributed by atoms with E-state index < -0.39 is 0 Å². The highest BCUT2D eigenvalue weighted by atomic mass is 16.1. The van der Waals surface area contributed by atoms with Crippen LogP contribution in [0.5, 0.6) is 0 Å². The zero-order chi connectivity index (χ0) is 12.5. The molecule has 3 heteroatoms. The van der Waals surface area contributed by atoms with E-state index in [9.17, 15) is 4.79 Å². The monoisotopic (exact) mass is 242 g/mol. The molecular weight excluding hydrogens is 224 g/mol. The molecule has 1 N–H and O–H groups in total. The lowest BCUT2D eigenvalue weighted by Gasteiger charge is -2.29. The summed E-state index contributed by atoms with van der Waals surface area (Å²) in [6.45, 7) is 1.94. The minimum absolute atomic E-state index is 0.0475. The number of hydrogen-bond acceptors (Lipinski definition) is 3. The average Bonchev–Trinajstić information content (AvgIpc) is 2.32. The molecule has 0 aliphatic heterocycles. The first-order valence-corrected chi connectivity index (χ1v) is 6.69. The SMILES string of the molecule is CC1C=C2C=CC=CC2/C(=N/NC2CCC2)C1=O. The summed E-state index contributed by atoms with van der Waals surface area (Å²) in [5.74, 6) is 0.135. The molecule has 0 amide bonds. The molecule has 0 aromatic rings. The third-order valence-electron chi connectivity index (χ3n) is 3.94. The summed E-state index contributed by atoms with van der Waals surface area (Å²) >= 11 is 0. The first-order valence-electron chi connectivity index (χ1n) is 6.69. The van der Waals surface area contributed by atoms with Crippen LogP contribution in [0.1, 0.15) is 26.2 Å². The van der Waals surface area contributed by atoms with Crippen molar-refractivity contribution >= 4 is 11.5 Å². The number of ketones is 1. The van der Waals surface area contributed by atoms with E-state index in [4.69, 9.17) is 0 Å². The summed E-state index contributed by atoms with van der Waals surface area (Å²) in [5, 5.41) is 4.41. The first kappa shape index (κ1) is 11.5. The highest BCUT2D eigenvalue weighted by molar-refractivity contribution is 6.43. The van der Waals surface area contributed by atoms with Crippen LogP contribution in [0.4, 0.5) is 0 Å². The molecule has 0 aromatic carbocycles. The number of nitrogens with zero attached hydrogens (tertiary/aromatic N) is 1. The molecule has 0 aromatic heterocycles. The maximum atomic E-state index is 12.2. The maximum absolute atomic E-state index is 12.2. The fourth-order valence-electron chi connectivity index (χ4n) is 2.54. The lowest BCUT2D eigenvalue weighted by Crippen LogP contribution is -2.38. The third kappa shape index (κ3) is 1.94. The van der Waals surface area contributed by atoms with E-state index in [1.54, 1.807) is 0 Å². The molecule has 3 nitrogen and oxygen atoms in total. The van der Waals surface area contributed by atoms with Crippen molar-refractivity contribution in [1.29, 1.82) is 0 Å². The number of nitrogens with one attached hydrogen (secondary N) is 1. The Kier molecular flexibility index (Phi) is 2.90. The second-order valence-corrected chi connectivity index (χ2v) is 5.30. The van der Waals surface area contributed by atoms with Crippen LogP contribution in [0.3, 0.4) is 0 Å². The zero-order valence-electron chi connectivity index (χ0n) is 10.6. The minimum Gasteiger partial charge on any atom is -0.307 e. The summed E-state index contributed by atoms with van der Waals surface area (Å²) in [6, 6.07) is 0.470. The van der Waals surface area contributed by atoms with Crippen molar-refractivity contribution < 1.29 is 4.79 Å². The lowest BCUT2D eigenvalue weighted by molar-refractivity contribution is -0.115. The molecule has 0 heterocycles. The molecule has 3 aliphatic rings. The number of carbonyl (C=O) groups excluding carboxylic acids is 1. The summed E-state index contributed by atoms with van der Waals surface area (Å²) < 4.78 is 0. The van der Waals surface area contributed by atoms with Crippen molar-refractivity contribution in [2.45, 2.75) is 32.2 Å². The van der Waals surface area contributed by atoms with Crippen molar-refractivity contribution in [3.63, 3.8) is 0 Å². The van der Waals surface area contributed by atoms with Gasteiger partial charge in [0.2, 0.25) is 0 Å². The van der Waals surface area contributed by atoms with Crippen molar-refractivity contribution in [3.05, 3.63) is 36.0 Å². The predicted molar refractivity (Wildman–Crippen MR) is 72.2 cm³/mol. The van der Waals surface area contributed by atoms with Crippen LogP contribution >= 0.6 is 0 Å². The van der Waals surface area contributed by atoms with Crippen molar-refractivity contribution in [3.8, 4) is 0 Å². The van der Waals surface area contributed by atoms with Gasteiger partial charge in [-0.2, -0.15) is 5.10 Å². The third-order valence-corrected chi connectivity index (χ3v) is 3.94. The Morgan fingerprint density at radius 3 is 2.89 bits per heavy atom. The number of Topliss-reactive ketones (excluding diaryl/α,β-unsaturated/α-hetero) is 1. The predicted octanol–water partition coefficient (Wildman–Crippen LogP) is 2.37. The van der Waals surface area contributed by atoms with E-state index >= 15 is 0 Å². The van der Waals surface area contributed by atoms with Crippen LogP contribution in [0.2, 0.25) is 0 Å². The van der Waals surface area contributed by atoms with E-state index in [0.29, 0.717) is 11.8 Å². The fourth-order valence-corrected chi connectivity index (χ4v) is 2.54. The van der Waals surface area contributed by atoms with Crippen LogP contribution in [0.25, 0.3) is 0 Å². The van der Waals surface area contributed by atoms with Crippen LogP contribution in [0.15, 0.2) is 41.1 Å². The van der Waals surface area contributed by atoms with Crippen molar-refractivity contribution in [1.82, 2.24) is 5.43 Å². The molecule has 18 heavy (non-hydrogen) atoms. The zero-order valence-corrected chi connectivity index (χ0v) is 10.6. The van der Waals surface area contributed by atoms with E-state index in [2.05, 4.69) is 28.8 Å². The molecule has 0 bridgehead atoms. The van der Waals surface area contributed by atoms with Gasteiger partial charge >= 0.3 is 0 Å². The molecular formula is C15H18N2O. The normalized spacial score (nSPS) is 33.1. The number of hydrogen-bond donors (Lipinski definition) is 1. The second kappa shape index (κ2) is 4.56. The van der Waals surface area contributed by atoms with Crippen molar-refractivity contribution in [2.24, 2.45) is 16.9 Å². The summed E-state index contributed by atoms with van der Waals surface area (Å²) in [4.78, 5) is 12.2. The van der Waals surface area contributed by atoms with Crippen LogP contribution in [0, 0.1) is 11.8 Å². The Hall–Kier alpha value is -1.64. The second-order valence-electron chi connectivity index (χ2n) is 5.30. The van der Waals surface area contributed by atoms with Gasteiger partial charge in [-0.15, -0.1) is 0 Å². The van der Waals surface area contributed by atoms with Gasteiger partial charge in [0.15, 0.2) is 5.78 Å². The Morgan fingerprint density at radius 2 is 2.17 bits per heavy atom. The lowest BCUT2D eigenvalue weighted by atomic mass is 9.78. The van der Waals surface area contributed by atoms with Gasteiger partial charge in [-0.3, -0.25) is 4.79 Å². The Bertz CT molecular complexity index is 481. The van der Waals surface area contributed by atoms with Crippen LogP contribution < -0.4 is 5.43 Å². The van der Waals surface area contributed by atoms with Gasteiger partial charge in [-0.25, -0.2) is 0 Å². The molecule has 3 rings (SSSR count). The first-order chi connectivity index (χ1) is 8.75.